The lowest BCUT2D eigenvalue weighted by Crippen LogP contribution is -2.67. The van der Waals surface area contributed by atoms with Crippen molar-refractivity contribution >= 4 is 5.78 Å². The lowest BCUT2D eigenvalue weighted by atomic mass is 9.63. The molecule has 0 spiro atoms. The molecule has 18 heavy (non-hydrogen) atoms. The predicted octanol–water partition coefficient (Wildman–Crippen LogP) is 2.17. The molecule has 1 heterocycles. The zero-order chi connectivity index (χ0) is 14.4. The molecule has 0 aromatic heterocycles. The summed E-state index contributed by atoms with van der Waals surface area (Å²) in [7, 11) is 0. The molecule has 1 aliphatic heterocycles. The van der Waals surface area contributed by atoms with Crippen molar-refractivity contribution in [2.75, 3.05) is 0 Å². The second-order valence-corrected chi connectivity index (χ2v) is 6.65. The topological polar surface area (TPSA) is 70.1 Å². The first-order chi connectivity index (χ1) is 7.98. The summed E-state index contributed by atoms with van der Waals surface area (Å²) >= 11 is 0. The van der Waals surface area contributed by atoms with Gasteiger partial charge in [-0.2, -0.15) is 5.26 Å². The number of allylic oxidation sites excluding steroid dienone is 1. The van der Waals surface area contributed by atoms with E-state index in [0.717, 1.165) is 0 Å². The van der Waals surface area contributed by atoms with Crippen LogP contribution in [-0.2, 0) is 4.79 Å². The van der Waals surface area contributed by atoms with Gasteiger partial charge in [0.15, 0.2) is 5.78 Å². The van der Waals surface area contributed by atoms with Crippen molar-refractivity contribution in [1.82, 2.24) is 5.01 Å². The maximum Gasteiger partial charge on any atom is 0.178 e. The smallest absolute Gasteiger partial charge is 0.178 e. The molecule has 100 valence electrons. The van der Waals surface area contributed by atoms with Gasteiger partial charge in [0.1, 0.15) is 5.41 Å². The van der Waals surface area contributed by atoms with E-state index in [9.17, 15) is 10.1 Å². The Morgan fingerprint density at radius 1 is 1.28 bits per heavy atom. The Balaban J connectivity index is 3.30. The SMILES string of the molecule is C=C(C)C(=O)C1(C#N)CC(C)(C)N(N)C(C)(C)C1. The van der Waals surface area contributed by atoms with Crippen LogP contribution >= 0.6 is 0 Å². The molecule has 1 aliphatic rings. The normalized spacial score (nSPS) is 25.2. The average molecular weight is 249 g/mol. The van der Waals surface area contributed by atoms with Crippen LogP contribution < -0.4 is 5.84 Å². The van der Waals surface area contributed by atoms with Crippen LogP contribution in [0.25, 0.3) is 0 Å². The van der Waals surface area contributed by atoms with Crippen molar-refractivity contribution in [3.05, 3.63) is 12.2 Å². The fourth-order valence-corrected chi connectivity index (χ4v) is 3.23. The maximum absolute atomic E-state index is 12.4. The van der Waals surface area contributed by atoms with Crippen LogP contribution in [0.4, 0.5) is 0 Å². The van der Waals surface area contributed by atoms with E-state index < -0.39 is 16.5 Å². The fourth-order valence-electron chi connectivity index (χ4n) is 3.23. The summed E-state index contributed by atoms with van der Waals surface area (Å²) in [5.74, 6) is 5.98. The fraction of sp³-hybridized carbons (Fsp3) is 0.714. The molecule has 4 heteroatoms. The Kier molecular flexibility index (Phi) is 3.46. The van der Waals surface area contributed by atoms with Gasteiger partial charge in [0.05, 0.1) is 6.07 Å². The van der Waals surface area contributed by atoms with Crippen LogP contribution in [-0.4, -0.2) is 21.9 Å². The molecule has 1 fully saturated rings. The standard InChI is InChI=1S/C14H23N3O/c1-10(2)11(18)14(9-15)7-12(3,4)17(16)13(5,6)8-14/h1,7-8,16H2,2-6H3. The van der Waals surface area contributed by atoms with Gasteiger partial charge < -0.3 is 0 Å². The number of nitrogens with two attached hydrogens (primary N) is 1. The molecule has 0 amide bonds. The summed E-state index contributed by atoms with van der Waals surface area (Å²) in [6.07, 6.45) is 0.865. The van der Waals surface area contributed by atoms with Crippen molar-refractivity contribution in [3.8, 4) is 6.07 Å². The average Bonchev–Trinajstić information content (AvgIpc) is 2.23. The highest BCUT2D eigenvalue weighted by Crippen LogP contribution is 2.47. The highest BCUT2D eigenvalue weighted by Gasteiger charge is 2.55. The lowest BCUT2D eigenvalue weighted by Gasteiger charge is -2.55. The first-order valence-electron chi connectivity index (χ1n) is 6.15. The predicted molar refractivity (Wildman–Crippen MR) is 71.3 cm³/mol. The molecule has 2 N–H and O–H groups in total. The zero-order valence-electron chi connectivity index (χ0n) is 12.0. The molecule has 0 saturated carbocycles. The minimum absolute atomic E-state index is 0.153. The van der Waals surface area contributed by atoms with E-state index in [-0.39, 0.29) is 5.78 Å². The molecular weight excluding hydrogens is 226 g/mol. The number of carbonyl (C=O) groups is 1. The van der Waals surface area contributed by atoms with Gasteiger partial charge in [-0.3, -0.25) is 10.6 Å². The van der Waals surface area contributed by atoms with E-state index >= 15 is 0 Å². The largest absolute Gasteiger partial charge is 0.293 e. The van der Waals surface area contributed by atoms with Gasteiger partial charge in [-0.15, -0.1) is 0 Å². The number of hydrazine groups is 1. The summed E-state index contributed by atoms with van der Waals surface area (Å²) in [5, 5.41) is 11.3. The molecule has 4 nitrogen and oxygen atoms in total. The zero-order valence-corrected chi connectivity index (χ0v) is 12.0. The summed E-state index contributed by atoms with van der Waals surface area (Å²) in [6, 6.07) is 2.24. The highest BCUT2D eigenvalue weighted by atomic mass is 16.1. The van der Waals surface area contributed by atoms with Crippen molar-refractivity contribution in [2.45, 2.75) is 58.5 Å². The Labute approximate surface area is 109 Å². The third kappa shape index (κ3) is 2.21. The first-order valence-corrected chi connectivity index (χ1v) is 6.15. The molecule has 0 atom stereocenters. The van der Waals surface area contributed by atoms with Crippen LogP contribution in [0.5, 0.6) is 0 Å². The van der Waals surface area contributed by atoms with E-state index in [1.807, 2.05) is 27.7 Å². The van der Waals surface area contributed by atoms with Crippen LogP contribution in [0, 0.1) is 16.7 Å². The number of ketones is 1. The van der Waals surface area contributed by atoms with E-state index in [2.05, 4.69) is 12.6 Å². The highest BCUT2D eigenvalue weighted by molar-refractivity contribution is 6.01. The van der Waals surface area contributed by atoms with E-state index in [1.165, 1.54) is 0 Å². The Morgan fingerprint density at radius 3 is 1.94 bits per heavy atom. The molecule has 0 aromatic rings. The van der Waals surface area contributed by atoms with Crippen molar-refractivity contribution in [2.24, 2.45) is 11.3 Å². The molecule has 1 rings (SSSR count). The van der Waals surface area contributed by atoms with Crippen molar-refractivity contribution in [1.29, 1.82) is 5.26 Å². The molecular formula is C14H23N3O. The second kappa shape index (κ2) is 4.18. The Morgan fingerprint density at radius 2 is 1.67 bits per heavy atom. The molecule has 0 aromatic carbocycles. The number of hydrogen-bond acceptors (Lipinski definition) is 4. The number of rotatable bonds is 2. The molecule has 1 saturated heterocycles. The van der Waals surface area contributed by atoms with E-state index in [0.29, 0.717) is 18.4 Å². The number of carbonyl (C=O) groups excluding carboxylic acids is 1. The number of piperidine rings is 1. The van der Waals surface area contributed by atoms with Gasteiger partial charge in [-0.05, 0) is 53.0 Å². The summed E-state index contributed by atoms with van der Waals surface area (Å²) in [5.41, 5.74) is -1.37. The number of Topliss-reactive ketones (excluding diaryl/α,β-unsaturated/α-hetero) is 1. The molecule has 0 aliphatic carbocycles. The molecule has 0 unspecified atom stereocenters. The molecule has 0 bridgehead atoms. The van der Waals surface area contributed by atoms with Gasteiger partial charge in [-0.25, -0.2) is 5.01 Å². The van der Waals surface area contributed by atoms with Gasteiger partial charge >= 0.3 is 0 Å². The quantitative estimate of drug-likeness (QED) is 0.601. The van der Waals surface area contributed by atoms with Crippen LogP contribution in [0.15, 0.2) is 12.2 Å². The first kappa shape index (κ1) is 14.9. The summed E-state index contributed by atoms with van der Waals surface area (Å²) in [4.78, 5) is 12.4. The monoisotopic (exact) mass is 249 g/mol. The Hall–Kier alpha value is -1.18. The van der Waals surface area contributed by atoms with Crippen molar-refractivity contribution in [3.63, 3.8) is 0 Å². The van der Waals surface area contributed by atoms with E-state index in [1.54, 1.807) is 11.9 Å². The van der Waals surface area contributed by atoms with Gasteiger partial charge in [0.25, 0.3) is 0 Å². The number of hydrogen-bond donors (Lipinski definition) is 1. The second-order valence-electron chi connectivity index (χ2n) is 6.65. The molecule has 0 radical (unpaired) electrons. The summed E-state index contributed by atoms with van der Waals surface area (Å²) in [6.45, 7) is 13.2. The van der Waals surface area contributed by atoms with Gasteiger partial charge in [0.2, 0.25) is 0 Å². The maximum atomic E-state index is 12.4. The van der Waals surface area contributed by atoms with Gasteiger partial charge in [0, 0.05) is 11.1 Å². The third-order valence-electron chi connectivity index (χ3n) is 3.81. The number of nitriles is 1. The van der Waals surface area contributed by atoms with E-state index in [4.69, 9.17) is 5.84 Å². The minimum Gasteiger partial charge on any atom is -0.293 e. The van der Waals surface area contributed by atoms with Gasteiger partial charge in [-0.1, -0.05) is 6.58 Å². The Bertz CT molecular complexity index is 411. The van der Waals surface area contributed by atoms with Crippen LogP contribution in [0.1, 0.15) is 47.5 Å². The van der Waals surface area contributed by atoms with Crippen LogP contribution in [0.2, 0.25) is 0 Å². The lowest BCUT2D eigenvalue weighted by molar-refractivity contribution is -0.135. The third-order valence-corrected chi connectivity index (χ3v) is 3.81. The van der Waals surface area contributed by atoms with Crippen molar-refractivity contribution < 1.29 is 4.79 Å². The van der Waals surface area contributed by atoms with Crippen LogP contribution in [0.3, 0.4) is 0 Å². The number of nitrogens with zero attached hydrogens (tertiary/aromatic N) is 2. The summed E-state index contributed by atoms with van der Waals surface area (Å²) < 4.78 is 0. The minimum atomic E-state index is -1.01.